The minimum Gasteiger partial charge on any atom is -0.377 e. The minimum absolute atomic E-state index is 0.00916. The first-order chi connectivity index (χ1) is 8.75. The lowest BCUT2D eigenvalue weighted by molar-refractivity contribution is -0.117. The second-order valence-corrected chi connectivity index (χ2v) is 5.52. The Morgan fingerprint density at radius 3 is 3.17 bits per heavy atom. The first kappa shape index (κ1) is 12.1. The summed E-state index contributed by atoms with van der Waals surface area (Å²) in [7, 11) is 0. The lowest BCUT2D eigenvalue weighted by atomic mass is 10.1. The number of rotatable bonds is 3. The van der Waals surface area contributed by atoms with E-state index in [1.165, 1.54) is 0 Å². The fraction of sp³-hybridized carbons (Fsp3) is 0.462. The van der Waals surface area contributed by atoms with E-state index in [1.54, 1.807) is 0 Å². The van der Waals surface area contributed by atoms with Gasteiger partial charge in [0.2, 0.25) is 5.91 Å². The molecule has 5 heteroatoms. The molecule has 2 atom stereocenters. The quantitative estimate of drug-likeness (QED) is 0.900. The van der Waals surface area contributed by atoms with E-state index < -0.39 is 0 Å². The molecule has 2 aliphatic rings. The van der Waals surface area contributed by atoms with Crippen LogP contribution < -0.4 is 10.6 Å². The van der Waals surface area contributed by atoms with Gasteiger partial charge in [0.15, 0.2) is 0 Å². The molecule has 2 aliphatic heterocycles. The molecule has 1 aromatic carbocycles. The first-order valence-electron chi connectivity index (χ1n) is 6.20. The molecular formula is C13H15BrN2O2. The second-order valence-electron chi connectivity index (χ2n) is 4.67. The summed E-state index contributed by atoms with van der Waals surface area (Å²) in [6.07, 6.45) is 2.43. The highest BCUT2D eigenvalue weighted by molar-refractivity contribution is 9.10. The fourth-order valence-electron chi connectivity index (χ4n) is 2.52. The molecule has 1 amide bonds. The van der Waals surface area contributed by atoms with Gasteiger partial charge in [-0.15, -0.1) is 0 Å². The molecule has 0 saturated carbocycles. The molecule has 3 rings (SSSR count). The Morgan fingerprint density at radius 1 is 1.50 bits per heavy atom. The smallest absolute Gasteiger partial charge is 0.246 e. The molecule has 2 unspecified atom stereocenters. The Morgan fingerprint density at radius 2 is 2.39 bits per heavy atom. The number of ether oxygens (including phenoxy) is 1. The van der Waals surface area contributed by atoms with Crippen LogP contribution in [0.3, 0.4) is 0 Å². The van der Waals surface area contributed by atoms with Crippen molar-refractivity contribution in [2.45, 2.75) is 25.0 Å². The molecule has 1 fully saturated rings. The molecule has 96 valence electrons. The van der Waals surface area contributed by atoms with E-state index in [2.05, 4.69) is 26.6 Å². The molecular weight excluding hydrogens is 296 g/mol. The summed E-state index contributed by atoms with van der Waals surface area (Å²) in [5.41, 5.74) is 1.89. The summed E-state index contributed by atoms with van der Waals surface area (Å²) in [6.45, 7) is 1.56. The first-order valence-corrected chi connectivity index (χ1v) is 6.99. The average molecular weight is 311 g/mol. The summed E-state index contributed by atoms with van der Waals surface area (Å²) in [5.74, 6) is 0.00916. The molecule has 0 radical (unpaired) electrons. The van der Waals surface area contributed by atoms with Crippen LogP contribution in [0.5, 0.6) is 0 Å². The molecule has 4 nitrogen and oxygen atoms in total. The van der Waals surface area contributed by atoms with Crippen LogP contribution in [0.2, 0.25) is 0 Å². The monoisotopic (exact) mass is 310 g/mol. The number of fused-ring (bicyclic) bond motifs is 1. The molecule has 1 saturated heterocycles. The Bertz CT molecular complexity index is 472. The van der Waals surface area contributed by atoms with Crippen molar-refractivity contribution in [3.8, 4) is 0 Å². The zero-order valence-corrected chi connectivity index (χ0v) is 11.5. The normalized spacial score (nSPS) is 26.2. The molecule has 0 aromatic heterocycles. The third kappa shape index (κ3) is 2.18. The molecule has 18 heavy (non-hydrogen) atoms. The second kappa shape index (κ2) is 4.99. The van der Waals surface area contributed by atoms with Gasteiger partial charge in [0.1, 0.15) is 6.04 Å². The highest BCUT2D eigenvalue weighted by Gasteiger charge is 2.32. The molecule has 2 heterocycles. The van der Waals surface area contributed by atoms with Gasteiger partial charge in [-0.1, -0.05) is 22.0 Å². The van der Waals surface area contributed by atoms with E-state index in [0.29, 0.717) is 0 Å². The number of benzene rings is 1. The van der Waals surface area contributed by atoms with Crippen molar-refractivity contribution in [3.63, 3.8) is 0 Å². The van der Waals surface area contributed by atoms with Gasteiger partial charge in [-0.2, -0.15) is 0 Å². The Kier molecular flexibility index (Phi) is 3.37. The van der Waals surface area contributed by atoms with Crippen LogP contribution in [0, 0.1) is 0 Å². The summed E-state index contributed by atoms with van der Waals surface area (Å²) in [5, 5.41) is 6.19. The van der Waals surface area contributed by atoms with Gasteiger partial charge in [-0.05, 0) is 25.0 Å². The van der Waals surface area contributed by atoms with Crippen molar-refractivity contribution in [1.29, 1.82) is 0 Å². The predicted molar refractivity (Wildman–Crippen MR) is 72.5 cm³/mol. The van der Waals surface area contributed by atoms with Crippen LogP contribution in [0.4, 0.5) is 5.69 Å². The van der Waals surface area contributed by atoms with Crippen LogP contribution in [0.1, 0.15) is 24.4 Å². The van der Waals surface area contributed by atoms with Crippen LogP contribution in [-0.4, -0.2) is 25.2 Å². The Balaban J connectivity index is 1.74. The Labute approximate surface area is 114 Å². The van der Waals surface area contributed by atoms with E-state index >= 15 is 0 Å². The van der Waals surface area contributed by atoms with Gasteiger partial charge in [-0.3, -0.25) is 10.1 Å². The average Bonchev–Trinajstić information content (AvgIpc) is 2.94. The number of hydrogen-bond donors (Lipinski definition) is 2. The maximum atomic E-state index is 12.0. The molecule has 0 spiro atoms. The lowest BCUT2D eigenvalue weighted by Crippen LogP contribution is -2.33. The standard InChI is InChI=1S/C13H15BrN2O2/c14-9-4-1-5-10-11(9)12(13(17)16-10)15-7-8-3-2-6-18-8/h1,4-5,8,12,15H,2-3,6-7H2,(H,16,17). The van der Waals surface area contributed by atoms with Crippen LogP contribution in [0.15, 0.2) is 22.7 Å². The number of nitrogens with one attached hydrogen (secondary N) is 2. The van der Waals surface area contributed by atoms with Crippen molar-refractivity contribution in [2.24, 2.45) is 0 Å². The SMILES string of the molecule is O=C1Nc2cccc(Br)c2C1NCC1CCCO1. The third-order valence-corrected chi connectivity index (χ3v) is 4.13. The van der Waals surface area contributed by atoms with Crippen molar-refractivity contribution < 1.29 is 9.53 Å². The highest BCUT2D eigenvalue weighted by atomic mass is 79.9. The van der Waals surface area contributed by atoms with E-state index in [-0.39, 0.29) is 18.1 Å². The van der Waals surface area contributed by atoms with Gasteiger partial charge >= 0.3 is 0 Å². The Hall–Kier alpha value is -0.910. The van der Waals surface area contributed by atoms with Crippen molar-refractivity contribution in [2.75, 3.05) is 18.5 Å². The number of amides is 1. The summed E-state index contributed by atoms with van der Waals surface area (Å²) >= 11 is 3.51. The van der Waals surface area contributed by atoms with Crippen LogP contribution >= 0.6 is 15.9 Å². The van der Waals surface area contributed by atoms with E-state index in [4.69, 9.17) is 4.74 Å². The van der Waals surface area contributed by atoms with Gasteiger partial charge in [0.05, 0.1) is 6.10 Å². The number of halogens is 1. The van der Waals surface area contributed by atoms with E-state index in [9.17, 15) is 4.79 Å². The highest BCUT2D eigenvalue weighted by Crippen LogP contribution is 2.36. The number of carbonyl (C=O) groups excluding carboxylic acids is 1. The fourth-order valence-corrected chi connectivity index (χ4v) is 3.12. The molecule has 0 aliphatic carbocycles. The molecule has 2 N–H and O–H groups in total. The van der Waals surface area contributed by atoms with Crippen molar-refractivity contribution in [1.82, 2.24) is 5.32 Å². The minimum atomic E-state index is -0.278. The molecule has 1 aromatic rings. The predicted octanol–water partition coefficient (Wildman–Crippen LogP) is 2.21. The summed E-state index contributed by atoms with van der Waals surface area (Å²) in [6, 6.07) is 5.52. The largest absolute Gasteiger partial charge is 0.377 e. The zero-order chi connectivity index (χ0) is 12.5. The number of carbonyl (C=O) groups is 1. The van der Waals surface area contributed by atoms with Gasteiger partial charge < -0.3 is 10.1 Å². The van der Waals surface area contributed by atoms with Gasteiger partial charge in [0, 0.05) is 28.9 Å². The van der Waals surface area contributed by atoms with E-state index in [1.807, 2.05) is 18.2 Å². The van der Waals surface area contributed by atoms with Gasteiger partial charge in [-0.25, -0.2) is 0 Å². The lowest BCUT2D eigenvalue weighted by Gasteiger charge is -2.16. The van der Waals surface area contributed by atoms with Crippen molar-refractivity contribution >= 4 is 27.5 Å². The number of hydrogen-bond acceptors (Lipinski definition) is 3. The topological polar surface area (TPSA) is 50.4 Å². The van der Waals surface area contributed by atoms with Crippen LogP contribution in [0.25, 0.3) is 0 Å². The summed E-state index contributed by atoms with van der Waals surface area (Å²) in [4.78, 5) is 12.0. The third-order valence-electron chi connectivity index (χ3n) is 3.44. The summed E-state index contributed by atoms with van der Waals surface area (Å²) < 4.78 is 6.52. The zero-order valence-electron chi connectivity index (χ0n) is 9.91. The molecule has 0 bridgehead atoms. The van der Waals surface area contributed by atoms with E-state index in [0.717, 1.165) is 41.7 Å². The number of anilines is 1. The maximum absolute atomic E-state index is 12.0. The van der Waals surface area contributed by atoms with Gasteiger partial charge in [0.25, 0.3) is 0 Å². The van der Waals surface area contributed by atoms with Crippen LogP contribution in [-0.2, 0) is 9.53 Å². The van der Waals surface area contributed by atoms with Crippen molar-refractivity contribution in [3.05, 3.63) is 28.2 Å². The maximum Gasteiger partial charge on any atom is 0.246 e.